The average Bonchev–Trinajstić information content (AvgIpc) is 2.98. The van der Waals surface area contributed by atoms with Crippen molar-refractivity contribution in [1.29, 1.82) is 0 Å². The maximum absolute atomic E-state index is 13.3. The Kier molecular flexibility index (Phi) is 5.29. The van der Waals surface area contributed by atoms with Gasteiger partial charge in [-0.1, -0.05) is 54.6 Å². The van der Waals surface area contributed by atoms with Crippen LogP contribution in [-0.2, 0) is 11.3 Å². The van der Waals surface area contributed by atoms with Gasteiger partial charge in [-0.05, 0) is 29.8 Å². The SMILES string of the molecule is COC(=O)c1cccc(C(=O)N2Cc3ccccc3OC(c3ccccc3)C2)c1. The van der Waals surface area contributed by atoms with Gasteiger partial charge in [0.25, 0.3) is 5.91 Å². The quantitative estimate of drug-likeness (QED) is 0.631. The molecule has 1 aliphatic rings. The molecule has 0 bridgehead atoms. The van der Waals surface area contributed by atoms with E-state index < -0.39 is 5.97 Å². The van der Waals surface area contributed by atoms with Crippen LogP contribution in [-0.4, -0.2) is 30.4 Å². The zero-order chi connectivity index (χ0) is 20.2. The lowest BCUT2D eigenvalue weighted by molar-refractivity contribution is 0.0600. The second-order valence-electron chi connectivity index (χ2n) is 6.88. The van der Waals surface area contributed by atoms with Crippen LogP contribution in [0.2, 0.25) is 0 Å². The van der Waals surface area contributed by atoms with Gasteiger partial charge in [0.2, 0.25) is 0 Å². The second-order valence-corrected chi connectivity index (χ2v) is 6.88. The molecule has 29 heavy (non-hydrogen) atoms. The number of ether oxygens (including phenoxy) is 2. The van der Waals surface area contributed by atoms with Gasteiger partial charge in [0.1, 0.15) is 11.9 Å². The molecule has 0 saturated heterocycles. The van der Waals surface area contributed by atoms with Gasteiger partial charge in [0.05, 0.1) is 19.2 Å². The fourth-order valence-corrected chi connectivity index (χ4v) is 3.49. The van der Waals surface area contributed by atoms with Crippen LogP contribution < -0.4 is 4.74 Å². The molecule has 3 aromatic carbocycles. The minimum atomic E-state index is -0.466. The van der Waals surface area contributed by atoms with E-state index in [0.717, 1.165) is 16.9 Å². The lowest BCUT2D eigenvalue weighted by Crippen LogP contribution is -2.34. The maximum Gasteiger partial charge on any atom is 0.337 e. The third-order valence-corrected chi connectivity index (χ3v) is 4.98. The third-order valence-electron chi connectivity index (χ3n) is 4.98. The zero-order valence-corrected chi connectivity index (χ0v) is 16.1. The third kappa shape index (κ3) is 3.99. The number of benzene rings is 3. The largest absolute Gasteiger partial charge is 0.484 e. The number of hydrogen-bond acceptors (Lipinski definition) is 4. The van der Waals surface area contributed by atoms with E-state index in [-0.39, 0.29) is 12.0 Å². The molecule has 0 spiro atoms. The van der Waals surface area contributed by atoms with Gasteiger partial charge in [-0.15, -0.1) is 0 Å². The number of carbonyl (C=O) groups is 2. The lowest BCUT2D eigenvalue weighted by Gasteiger charge is -2.24. The second kappa shape index (κ2) is 8.19. The highest BCUT2D eigenvalue weighted by atomic mass is 16.5. The van der Waals surface area contributed by atoms with Crippen molar-refractivity contribution >= 4 is 11.9 Å². The maximum atomic E-state index is 13.3. The standard InChI is InChI=1S/C24H21NO4/c1-28-24(27)19-12-7-11-18(14-19)23(26)25-15-20-10-5-6-13-21(20)29-22(16-25)17-8-3-2-4-9-17/h2-14,22H,15-16H2,1H3. The molecule has 0 radical (unpaired) electrons. The van der Waals surface area contributed by atoms with Crippen molar-refractivity contribution in [2.45, 2.75) is 12.6 Å². The van der Waals surface area contributed by atoms with Crippen molar-refractivity contribution in [3.8, 4) is 5.75 Å². The minimum Gasteiger partial charge on any atom is -0.484 e. The first-order valence-corrected chi connectivity index (χ1v) is 9.43. The molecule has 0 aliphatic carbocycles. The normalized spacial score (nSPS) is 15.6. The van der Waals surface area contributed by atoms with Gasteiger partial charge in [-0.2, -0.15) is 0 Å². The molecule has 1 atom stereocenters. The Morgan fingerprint density at radius 1 is 0.931 bits per heavy atom. The van der Waals surface area contributed by atoms with Gasteiger partial charge in [0.15, 0.2) is 0 Å². The summed E-state index contributed by atoms with van der Waals surface area (Å²) in [4.78, 5) is 26.9. The Balaban J connectivity index is 1.69. The summed E-state index contributed by atoms with van der Waals surface area (Å²) in [5.41, 5.74) is 2.75. The number of para-hydroxylation sites is 1. The van der Waals surface area contributed by atoms with Gasteiger partial charge in [-0.3, -0.25) is 4.79 Å². The van der Waals surface area contributed by atoms with Gasteiger partial charge < -0.3 is 14.4 Å². The highest BCUT2D eigenvalue weighted by molar-refractivity contribution is 5.98. The number of esters is 1. The highest BCUT2D eigenvalue weighted by Gasteiger charge is 2.28. The first-order chi connectivity index (χ1) is 14.2. The number of carbonyl (C=O) groups excluding carboxylic acids is 2. The Bertz CT molecular complexity index is 1030. The molecule has 3 aromatic rings. The predicted molar refractivity (Wildman–Crippen MR) is 109 cm³/mol. The molecule has 1 heterocycles. The first-order valence-electron chi connectivity index (χ1n) is 9.43. The lowest BCUT2D eigenvalue weighted by atomic mass is 10.1. The molecular weight excluding hydrogens is 366 g/mol. The fraction of sp³-hybridized carbons (Fsp3) is 0.167. The summed E-state index contributed by atoms with van der Waals surface area (Å²) >= 11 is 0. The zero-order valence-electron chi connectivity index (χ0n) is 16.1. The summed E-state index contributed by atoms with van der Waals surface area (Å²) in [6.45, 7) is 0.834. The van der Waals surface area contributed by atoms with Gasteiger partial charge in [-0.25, -0.2) is 4.79 Å². The Hall–Kier alpha value is -3.60. The molecule has 1 unspecified atom stereocenters. The molecule has 146 valence electrons. The number of methoxy groups -OCH3 is 1. The molecule has 0 fully saturated rings. The number of hydrogen-bond donors (Lipinski definition) is 0. The average molecular weight is 387 g/mol. The van der Waals surface area contributed by atoms with Crippen LogP contribution in [0.4, 0.5) is 0 Å². The monoisotopic (exact) mass is 387 g/mol. The summed E-state index contributed by atoms with van der Waals surface area (Å²) in [5, 5.41) is 0. The first kappa shape index (κ1) is 18.7. The van der Waals surface area contributed by atoms with Crippen molar-refractivity contribution in [2.75, 3.05) is 13.7 Å². The van der Waals surface area contributed by atoms with Crippen molar-refractivity contribution in [3.63, 3.8) is 0 Å². The van der Waals surface area contributed by atoms with Crippen LogP contribution in [0.3, 0.4) is 0 Å². The molecule has 1 aliphatic heterocycles. The summed E-state index contributed by atoms with van der Waals surface area (Å²) in [6.07, 6.45) is -0.285. The number of amides is 1. The van der Waals surface area contributed by atoms with E-state index in [0.29, 0.717) is 24.2 Å². The van der Waals surface area contributed by atoms with Gasteiger partial charge >= 0.3 is 5.97 Å². The molecule has 4 rings (SSSR count). The Morgan fingerprint density at radius 2 is 1.66 bits per heavy atom. The molecule has 0 aromatic heterocycles. The molecule has 5 heteroatoms. The molecular formula is C24H21NO4. The fourth-order valence-electron chi connectivity index (χ4n) is 3.49. The summed E-state index contributed by atoms with van der Waals surface area (Å²) < 4.78 is 11.0. The van der Waals surface area contributed by atoms with Crippen molar-refractivity contribution in [1.82, 2.24) is 4.90 Å². The molecule has 0 N–H and O–H groups in total. The summed E-state index contributed by atoms with van der Waals surface area (Å²) in [7, 11) is 1.32. The van der Waals surface area contributed by atoms with Crippen molar-refractivity contribution < 1.29 is 19.1 Å². The van der Waals surface area contributed by atoms with Crippen LogP contribution in [0.5, 0.6) is 5.75 Å². The Morgan fingerprint density at radius 3 is 2.45 bits per heavy atom. The Labute approximate surface area is 169 Å². The summed E-state index contributed by atoms with van der Waals surface area (Å²) in [5.74, 6) is 0.156. The van der Waals surface area contributed by atoms with Crippen LogP contribution in [0.15, 0.2) is 78.9 Å². The van der Waals surface area contributed by atoms with E-state index in [4.69, 9.17) is 9.47 Å². The van der Waals surface area contributed by atoms with E-state index in [1.165, 1.54) is 7.11 Å². The van der Waals surface area contributed by atoms with E-state index >= 15 is 0 Å². The predicted octanol–water partition coefficient (Wildman–Crippen LogP) is 4.25. The number of rotatable bonds is 3. The number of nitrogens with zero attached hydrogens (tertiary/aromatic N) is 1. The van der Waals surface area contributed by atoms with Crippen LogP contribution in [0.1, 0.15) is 37.9 Å². The molecule has 5 nitrogen and oxygen atoms in total. The highest BCUT2D eigenvalue weighted by Crippen LogP contribution is 2.31. The topological polar surface area (TPSA) is 55.8 Å². The van der Waals surface area contributed by atoms with E-state index in [2.05, 4.69) is 0 Å². The van der Waals surface area contributed by atoms with Crippen molar-refractivity contribution in [2.24, 2.45) is 0 Å². The van der Waals surface area contributed by atoms with Crippen LogP contribution >= 0.6 is 0 Å². The van der Waals surface area contributed by atoms with Crippen LogP contribution in [0.25, 0.3) is 0 Å². The number of fused-ring (bicyclic) bond motifs is 1. The van der Waals surface area contributed by atoms with E-state index in [9.17, 15) is 9.59 Å². The van der Waals surface area contributed by atoms with Gasteiger partial charge in [0, 0.05) is 17.7 Å². The van der Waals surface area contributed by atoms with Crippen LogP contribution in [0, 0.1) is 0 Å². The minimum absolute atomic E-state index is 0.156. The molecule has 1 amide bonds. The van der Waals surface area contributed by atoms with E-state index in [1.54, 1.807) is 29.2 Å². The summed E-state index contributed by atoms with van der Waals surface area (Å²) in [6, 6.07) is 24.2. The van der Waals surface area contributed by atoms with Crippen molar-refractivity contribution in [3.05, 3.63) is 101 Å². The van der Waals surface area contributed by atoms with E-state index in [1.807, 2.05) is 54.6 Å². The molecule has 0 saturated carbocycles. The smallest absolute Gasteiger partial charge is 0.337 e.